The maximum Gasteiger partial charge on any atom is 0.157 e. The predicted molar refractivity (Wildman–Crippen MR) is 38.9 cm³/mol. The van der Waals surface area contributed by atoms with Crippen LogP contribution in [0.5, 0.6) is 0 Å². The van der Waals surface area contributed by atoms with Crippen LogP contribution in [0.2, 0.25) is 0 Å². The summed E-state index contributed by atoms with van der Waals surface area (Å²) in [6.07, 6.45) is -2.49. The molecular weight excluding hydrogens is 146 g/mol. The Morgan fingerprint density at radius 1 is 1.18 bits per heavy atom. The Hall–Kier alpha value is -0.920. The average molecular weight is 154 g/mol. The fourth-order valence-corrected chi connectivity index (χ4v) is 1.50. The Balaban J connectivity index is 2.47. The lowest BCUT2D eigenvalue weighted by Crippen LogP contribution is -2.01. The summed E-state index contributed by atoms with van der Waals surface area (Å²) >= 11 is 0. The smallest absolute Gasteiger partial charge is 0.157 e. The molecule has 0 N–H and O–H groups in total. The van der Waals surface area contributed by atoms with Gasteiger partial charge in [0.2, 0.25) is 0 Å². The molecule has 1 aliphatic carbocycles. The normalized spacial score (nSPS) is 28.5. The number of alkyl halides is 2. The average Bonchev–Trinajstić information content (AvgIpc) is 2.30. The molecule has 0 spiro atoms. The van der Waals surface area contributed by atoms with E-state index in [1.807, 2.05) is 6.07 Å². The Morgan fingerprint density at radius 2 is 1.91 bits per heavy atom. The van der Waals surface area contributed by atoms with Crippen LogP contribution in [0, 0.1) is 0 Å². The molecule has 0 unspecified atom stereocenters. The molecule has 2 atom stereocenters. The van der Waals surface area contributed by atoms with Gasteiger partial charge in [-0.2, -0.15) is 0 Å². The second-order valence-corrected chi connectivity index (χ2v) is 2.82. The summed E-state index contributed by atoms with van der Waals surface area (Å²) in [5.74, 6) is 0. The van der Waals surface area contributed by atoms with Gasteiger partial charge in [-0.15, -0.1) is 0 Å². The molecule has 0 amide bonds. The molecule has 0 radical (unpaired) electrons. The van der Waals surface area contributed by atoms with Gasteiger partial charge in [0.15, 0.2) is 6.17 Å². The van der Waals surface area contributed by atoms with Gasteiger partial charge in [-0.3, -0.25) is 0 Å². The Labute approximate surface area is 63.9 Å². The van der Waals surface area contributed by atoms with E-state index in [1.165, 1.54) is 0 Å². The summed E-state index contributed by atoms with van der Waals surface area (Å²) in [5, 5.41) is 0. The van der Waals surface area contributed by atoms with Crippen LogP contribution in [-0.4, -0.2) is 6.17 Å². The Bertz CT molecular complexity index is 270. The van der Waals surface area contributed by atoms with Crippen molar-refractivity contribution >= 4 is 0 Å². The lowest BCUT2D eigenvalue weighted by molar-refractivity contribution is 0.187. The van der Waals surface area contributed by atoms with Crippen molar-refractivity contribution in [3.63, 3.8) is 0 Å². The third kappa shape index (κ3) is 0.934. The largest absolute Gasteiger partial charge is 0.244 e. The second-order valence-electron chi connectivity index (χ2n) is 2.82. The maximum atomic E-state index is 12.9. The topological polar surface area (TPSA) is 0 Å². The fraction of sp³-hybridized carbons (Fsp3) is 0.333. The van der Waals surface area contributed by atoms with E-state index >= 15 is 0 Å². The first-order valence-electron chi connectivity index (χ1n) is 3.65. The molecule has 1 aliphatic rings. The summed E-state index contributed by atoms with van der Waals surface area (Å²) in [6, 6.07) is 6.98. The molecule has 2 heteroatoms. The summed E-state index contributed by atoms with van der Waals surface area (Å²) in [7, 11) is 0. The van der Waals surface area contributed by atoms with Crippen molar-refractivity contribution in [2.75, 3.05) is 0 Å². The zero-order valence-corrected chi connectivity index (χ0v) is 5.93. The molecule has 58 valence electrons. The van der Waals surface area contributed by atoms with E-state index < -0.39 is 12.3 Å². The molecule has 2 rings (SSSR count). The van der Waals surface area contributed by atoms with Crippen LogP contribution in [-0.2, 0) is 6.42 Å². The molecule has 11 heavy (non-hydrogen) atoms. The van der Waals surface area contributed by atoms with Crippen LogP contribution < -0.4 is 0 Å². The molecule has 0 saturated carbocycles. The van der Waals surface area contributed by atoms with Gasteiger partial charge in [0, 0.05) is 6.42 Å². The molecule has 0 nitrogen and oxygen atoms in total. The minimum atomic E-state index is -1.40. The van der Waals surface area contributed by atoms with Gasteiger partial charge in [-0.1, -0.05) is 24.3 Å². The van der Waals surface area contributed by atoms with E-state index in [4.69, 9.17) is 0 Å². The molecule has 0 aromatic heterocycles. The van der Waals surface area contributed by atoms with Gasteiger partial charge >= 0.3 is 0 Å². The number of rotatable bonds is 0. The van der Waals surface area contributed by atoms with Gasteiger partial charge < -0.3 is 0 Å². The van der Waals surface area contributed by atoms with Gasteiger partial charge in [0.05, 0.1) is 0 Å². The van der Waals surface area contributed by atoms with Crippen LogP contribution >= 0.6 is 0 Å². The van der Waals surface area contributed by atoms with Crippen molar-refractivity contribution in [2.45, 2.75) is 18.8 Å². The quantitative estimate of drug-likeness (QED) is 0.538. The van der Waals surface area contributed by atoms with E-state index in [0.717, 1.165) is 5.56 Å². The monoisotopic (exact) mass is 154 g/mol. The van der Waals surface area contributed by atoms with Crippen molar-refractivity contribution in [2.24, 2.45) is 0 Å². The van der Waals surface area contributed by atoms with Crippen LogP contribution in [0.4, 0.5) is 8.78 Å². The van der Waals surface area contributed by atoms with Crippen LogP contribution in [0.25, 0.3) is 0 Å². The molecule has 0 fully saturated rings. The van der Waals surface area contributed by atoms with Crippen molar-refractivity contribution in [3.8, 4) is 0 Å². The summed E-state index contributed by atoms with van der Waals surface area (Å²) in [4.78, 5) is 0. The number of benzene rings is 1. The number of hydrogen-bond acceptors (Lipinski definition) is 0. The zero-order chi connectivity index (χ0) is 7.84. The highest BCUT2D eigenvalue weighted by atomic mass is 19.2. The predicted octanol–water partition coefficient (Wildman–Crippen LogP) is 2.59. The lowest BCUT2D eigenvalue weighted by Gasteiger charge is -2.00. The molecule has 0 bridgehead atoms. The molecule has 0 saturated heterocycles. The van der Waals surface area contributed by atoms with E-state index in [2.05, 4.69) is 0 Å². The van der Waals surface area contributed by atoms with Gasteiger partial charge in [-0.05, 0) is 11.1 Å². The highest BCUT2D eigenvalue weighted by molar-refractivity contribution is 5.35. The van der Waals surface area contributed by atoms with E-state index in [9.17, 15) is 8.78 Å². The summed E-state index contributed by atoms with van der Waals surface area (Å²) in [5.41, 5.74) is 1.34. The van der Waals surface area contributed by atoms with Crippen LogP contribution in [0.3, 0.4) is 0 Å². The number of hydrogen-bond donors (Lipinski definition) is 0. The molecular formula is C9H8F2. The zero-order valence-electron chi connectivity index (χ0n) is 5.93. The SMILES string of the molecule is F[C@H]1Cc2ccccc2[C@@H]1F. The van der Waals surface area contributed by atoms with Crippen molar-refractivity contribution in [1.82, 2.24) is 0 Å². The van der Waals surface area contributed by atoms with Gasteiger partial charge in [0.25, 0.3) is 0 Å². The number of fused-ring (bicyclic) bond motifs is 1. The first-order valence-corrected chi connectivity index (χ1v) is 3.65. The standard InChI is InChI=1S/C9H8F2/c10-8-5-6-3-1-2-4-7(6)9(8)11/h1-4,8-9H,5H2/t8-,9-/m0/s1. The first kappa shape index (κ1) is 6.77. The van der Waals surface area contributed by atoms with Crippen LogP contribution in [0.15, 0.2) is 24.3 Å². The Kier molecular flexibility index (Phi) is 1.41. The molecule has 0 heterocycles. The van der Waals surface area contributed by atoms with E-state index in [0.29, 0.717) is 5.56 Å². The third-order valence-electron chi connectivity index (χ3n) is 2.08. The minimum Gasteiger partial charge on any atom is -0.244 e. The minimum absolute atomic E-state index is 0.233. The second kappa shape index (κ2) is 2.29. The first-order chi connectivity index (χ1) is 5.29. The van der Waals surface area contributed by atoms with Gasteiger partial charge in [0.1, 0.15) is 6.17 Å². The molecule has 0 aliphatic heterocycles. The highest BCUT2D eigenvalue weighted by Gasteiger charge is 2.31. The maximum absolute atomic E-state index is 12.9. The summed E-state index contributed by atoms with van der Waals surface area (Å²) in [6.45, 7) is 0. The highest BCUT2D eigenvalue weighted by Crippen LogP contribution is 2.35. The molecule has 1 aromatic rings. The van der Waals surface area contributed by atoms with Gasteiger partial charge in [-0.25, -0.2) is 8.78 Å². The van der Waals surface area contributed by atoms with Crippen molar-refractivity contribution in [3.05, 3.63) is 35.4 Å². The van der Waals surface area contributed by atoms with Crippen molar-refractivity contribution < 1.29 is 8.78 Å². The number of halogens is 2. The van der Waals surface area contributed by atoms with E-state index in [1.54, 1.807) is 18.2 Å². The fourth-order valence-electron chi connectivity index (χ4n) is 1.50. The third-order valence-corrected chi connectivity index (χ3v) is 2.08. The Morgan fingerprint density at radius 3 is 2.64 bits per heavy atom. The van der Waals surface area contributed by atoms with Crippen LogP contribution in [0.1, 0.15) is 17.3 Å². The molecule has 1 aromatic carbocycles. The van der Waals surface area contributed by atoms with E-state index in [-0.39, 0.29) is 6.42 Å². The lowest BCUT2D eigenvalue weighted by atomic mass is 10.1. The summed E-state index contributed by atoms with van der Waals surface area (Å²) < 4.78 is 25.7. The van der Waals surface area contributed by atoms with Crippen molar-refractivity contribution in [1.29, 1.82) is 0 Å².